The van der Waals surface area contributed by atoms with Gasteiger partial charge in [0.25, 0.3) is 5.56 Å². The maximum atomic E-state index is 15.3. The molecule has 0 amide bonds. The number of methoxy groups -OCH3 is 1. The number of rotatable bonds is 7. The number of ether oxygens (including phenoxy) is 4. The molecule has 1 saturated heterocycles. The van der Waals surface area contributed by atoms with Crippen molar-refractivity contribution in [2.45, 2.75) is 44.6 Å². The molecular formula is C21H22FN5O7. The lowest BCUT2D eigenvalue weighted by Crippen LogP contribution is -2.33. The number of hydrogen-bond donors (Lipinski definition) is 2. The van der Waals surface area contributed by atoms with Crippen LogP contribution in [0.4, 0.5) is 10.3 Å². The number of anilines is 1. The summed E-state index contributed by atoms with van der Waals surface area (Å²) in [4.78, 5) is 46.6. The Hall–Kier alpha value is -4.00. The first-order valence-electron chi connectivity index (χ1n) is 10.3. The van der Waals surface area contributed by atoms with E-state index < -0.39 is 48.5 Å². The molecule has 1 aliphatic heterocycles. The molecule has 13 heteroatoms. The number of hydrogen-bond acceptors (Lipinski definition) is 10. The molecule has 0 aliphatic carbocycles. The molecule has 12 nitrogen and oxygen atoms in total. The first-order valence-corrected chi connectivity index (χ1v) is 10.3. The minimum Gasteiger partial charge on any atom is -0.469 e. The summed E-state index contributed by atoms with van der Waals surface area (Å²) in [5.41, 5.74) is 5.63. The predicted molar refractivity (Wildman–Crippen MR) is 114 cm³/mol. The Bertz CT molecular complexity index is 1260. The van der Waals surface area contributed by atoms with Crippen LogP contribution in [0.2, 0.25) is 0 Å². The number of benzene rings is 1. The summed E-state index contributed by atoms with van der Waals surface area (Å²) >= 11 is 0. The molecule has 1 aromatic carbocycles. The number of aromatic nitrogens is 4. The Labute approximate surface area is 191 Å². The molecule has 3 heterocycles. The Morgan fingerprint density at radius 2 is 2.00 bits per heavy atom. The molecular weight excluding hydrogens is 453 g/mol. The lowest BCUT2D eigenvalue weighted by atomic mass is 10.1. The van der Waals surface area contributed by atoms with Crippen LogP contribution in [0.15, 0.2) is 35.1 Å². The zero-order valence-corrected chi connectivity index (χ0v) is 18.3. The molecule has 0 saturated carbocycles. The monoisotopic (exact) mass is 475 g/mol. The van der Waals surface area contributed by atoms with Crippen molar-refractivity contribution in [3.63, 3.8) is 0 Å². The zero-order chi connectivity index (χ0) is 24.4. The van der Waals surface area contributed by atoms with Gasteiger partial charge in [0.1, 0.15) is 12.7 Å². The number of nitrogen functional groups attached to an aromatic ring is 1. The lowest BCUT2D eigenvalue weighted by Gasteiger charge is -2.22. The van der Waals surface area contributed by atoms with Crippen molar-refractivity contribution in [2.75, 3.05) is 12.8 Å². The van der Waals surface area contributed by atoms with Crippen LogP contribution < -0.4 is 16.0 Å². The van der Waals surface area contributed by atoms with Gasteiger partial charge in [0.2, 0.25) is 5.95 Å². The number of nitrogens with zero attached hydrogens (tertiary/aromatic N) is 3. The Morgan fingerprint density at radius 1 is 1.26 bits per heavy atom. The van der Waals surface area contributed by atoms with Gasteiger partial charge >= 0.3 is 17.9 Å². The molecule has 0 unspecified atom stereocenters. The maximum Gasteiger partial charge on any atom is 0.308 e. The third-order valence-electron chi connectivity index (χ3n) is 5.16. The van der Waals surface area contributed by atoms with Gasteiger partial charge < -0.3 is 24.7 Å². The van der Waals surface area contributed by atoms with Crippen LogP contribution in [0.25, 0.3) is 11.2 Å². The summed E-state index contributed by atoms with van der Waals surface area (Å²) < 4.78 is 37.9. The van der Waals surface area contributed by atoms with Gasteiger partial charge in [-0.3, -0.25) is 19.4 Å². The molecule has 0 spiro atoms. The van der Waals surface area contributed by atoms with Crippen LogP contribution in [0.1, 0.15) is 25.1 Å². The summed E-state index contributed by atoms with van der Waals surface area (Å²) in [6.07, 6.45) is -6.49. The highest BCUT2D eigenvalue weighted by Crippen LogP contribution is 2.39. The van der Waals surface area contributed by atoms with Gasteiger partial charge in [-0.25, -0.2) is 8.96 Å². The molecule has 2 aromatic heterocycles. The topological polar surface area (TPSA) is 161 Å². The van der Waals surface area contributed by atoms with Crippen molar-refractivity contribution in [2.24, 2.45) is 0 Å². The van der Waals surface area contributed by atoms with Gasteiger partial charge in [0, 0.05) is 6.92 Å². The molecule has 0 radical (unpaired) electrons. The van der Waals surface area contributed by atoms with E-state index in [0.29, 0.717) is 0 Å². The lowest BCUT2D eigenvalue weighted by molar-refractivity contribution is -0.154. The molecule has 0 bridgehead atoms. The Balaban J connectivity index is 1.80. The van der Waals surface area contributed by atoms with Crippen molar-refractivity contribution in [3.8, 4) is 6.01 Å². The second-order valence-electron chi connectivity index (χ2n) is 7.53. The Morgan fingerprint density at radius 3 is 2.68 bits per heavy atom. The number of carbonyl (C=O) groups excluding carboxylic acids is 2. The number of halogens is 1. The van der Waals surface area contributed by atoms with Crippen LogP contribution in [0.5, 0.6) is 6.01 Å². The smallest absolute Gasteiger partial charge is 0.308 e. The minimum absolute atomic E-state index is 0.0488. The molecule has 1 aliphatic rings. The van der Waals surface area contributed by atoms with Crippen LogP contribution >= 0.6 is 0 Å². The first kappa shape index (κ1) is 23.2. The van der Waals surface area contributed by atoms with Crippen molar-refractivity contribution in [1.29, 1.82) is 0 Å². The van der Waals surface area contributed by atoms with E-state index in [1.54, 1.807) is 0 Å². The summed E-state index contributed by atoms with van der Waals surface area (Å²) in [6, 6.07) is 8.95. The van der Waals surface area contributed by atoms with E-state index in [1.165, 1.54) is 4.57 Å². The van der Waals surface area contributed by atoms with Gasteiger partial charge in [0.05, 0.1) is 13.5 Å². The number of esters is 2. The quantitative estimate of drug-likeness (QED) is 0.472. The molecule has 4 rings (SSSR count). The number of H-pyrrole nitrogens is 1. The number of alkyl halides is 1. The summed E-state index contributed by atoms with van der Waals surface area (Å²) in [5.74, 6) is -1.72. The first-order chi connectivity index (χ1) is 16.3. The van der Waals surface area contributed by atoms with E-state index in [4.69, 9.17) is 19.9 Å². The van der Waals surface area contributed by atoms with Crippen LogP contribution in [-0.4, -0.2) is 56.9 Å². The van der Waals surface area contributed by atoms with Crippen molar-refractivity contribution >= 4 is 29.1 Å². The van der Waals surface area contributed by atoms with Gasteiger partial charge in [-0.2, -0.15) is 9.97 Å². The number of fused-ring (bicyclic) bond motifs is 1. The van der Waals surface area contributed by atoms with Gasteiger partial charge in [-0.15, -0.1) is 0 Å². The average Bonchev–Trinajstić information content (AvgIpc) is 3.30. The fourth-order valence-corrected chi connectivity index (χ4v) is 3.67. The second kappa shape index (κ2) is 9.47. The van der Waals surface area contributed by atoms with E-state index in [0.717, 1.165) is 19.6 Å². The van der Waals surface area contributed by atoms with Gasteiger partial charge in [0.15, 0.2) is 29.7 Å². The maximum absolute atomic E-state index is 15.3. The predicted octanol–water partition coefficient (Wildman–Crippen LogP) is 1.01. The van der Waals surface area contributed by atoms with E-state index in [1.807, 2.05) is 30.3 Å². The number of imidazole rings is 1. The normalized spacial score (nSPS) is 22.0. The second-order valence-corrected chi connectivity index (χ2v) is 7.53. The molecule has 34 heavy (non-hydrogen) atoms. The van der Waals surface area contributed by atoms with Crippen LogP contribution in [-0.2, 0) is 30.4 Å². The van der Waals surface area contributed by atoms with Gasteiger partial charge in [-0.1, -0.05) is 30.3 Å². The van der Waals surface area contributed by atoms with E-state index in [2.05, 4.69) is 19.7 Å². The zero-order valence-electron chi connectivity index (χ0n) is 18.3. The molecule has 1 fully saturated rings. The third kappa shape index (κ3) is 4.55. The fraction of sp³-hybridized carbons (Fsp3) is 0.381. The van der Waals surface area contributed by atoms with E-state index in [-0.39, 0.29) is 29.7 Å². The number of nitrogens with one attached hydrogen (secondary N) is 1. The number of nitrogens with two attached hydrogens (primary N) is 1. The summed E-state index contributed by atoms with van der Waals surface area (Å²) in [6.45, 7) is 1.16. The van der Waals surface area contributed by atoms with Crippen molar-refractivity contribution < 1.29 is 32.9 Å². The van der Waals surface area contributed by atoms with Crippen LogP contribution in [0.3, 0.4) is 0 Å². The highest BCUT2D eigenvalue weighted by atomic mass is 19.1. The van der Waals surface area contributed by atoms with E-state index >= 15 is 4.39 Å². The van der Waals surface area contributed by atoms with E-state index in [9.17, 15) is 14.4 Å². The van der Waals surface area contributed by atoms with Crippen LogP contribution in [0, 0.1) is 0 Å². The van der Waals surface area contributed by atoms with Crippen molar-refractivity contribution in [3.05, 3.63) is 46.2 Å². The largest absolute Gasteiger partial charge is 0.469 e. The molecule has 3 N–H and O–H groups in total. The van der Waals surface area contributed by atoms with Crippen molar-refractivity contribution in [1.82, 2.24) is 19.5 Å². The number of carbonyl (C=O) groups is 2. The average molecular weight is 475 g/mol. The summed E-state index contributed by atoms with van der Waals surface area (Å²) in [7, 11) is 1.16. The van der Waals surface area contributed by atoms with Gasteiger partial charge in [-0.05, 0) is 5.56 Å². The SMILES string of the molecule is COC(=O)C[C@H]1O[C@@H](n2c(OCc3ccccc3)nc3c(=O)[nH]c(N)nc32)[C@H](OC(C)=O)[C@@H]1F. The highest BCUT2D eigenvalue weighted by Gasteiger charge is 2.50. The summed E-state index contributed by atoms with van der Waals surface area (Å²) in [5, 5.41) is 0. The Kier molecular flexibility index (Phi) is 6.45. The highest BCUT2D eigenvalue weighted by molar-refractivity contribution is 5.73. The molecule has 180 valence electrons. The minimum atomic E-state index is -1.90. The standard InChI is InChI=1S/C21H22FN5O7/c1-10(28)33-16-14(22)12(8-13(29)31-2)34-19(16)27-17-15(18(30)26-20(23)25-17)24-21(27)32-9-11-6-4-3-5-7-11/h3-7,12,14,16,19H,8-9H2,1-2H3,(H3,23,25,26,30)/t12-,14-,16-,19-/m1/s1. The molecule has 3 aromatic rings. The fourth-order valence-electron chi connectivity index (χ4n) is 3.67. The number of aromatic amines is 1. The third-order valence-corrected chi connectivity index (χ3v) is 5.16. The molecule has 4 atom stereocenters.